The molecule has 0 saturated carbocycles. The summed E-state index contributed by atoms with van der Waals surface area (Å²) < 4.78 is 18.8. The van der Waals surface area contributed by atoms with Gasteiger partial charge in [-0.05, 0) is 49.1 Å². The second-order valence-corrected chi connectivity index (χ2v) is 12.0. The number of hydrogen-bond acceptors (Lipinski definition) is 7. The van der Waals surface area contributed by atoms with Crippen molar-refractivity contribution in [3.05, 3.63) is 89.5 Å². The lowest BCUT2D eigenvalue weighted by atomic mass is 9.99. The summed E-state index contributed by atoms with van der Waals surface area (Å²) in [6.45, 7) is 3.21. The molecule has 43 heavy (non-hydrogen) atoms. The molecule has 1 saturated heterocycles. The normalized spacial score (nSPS) is 19.3. The Morgan fingerprint density at radius 2 is 1.86 bits per heavy atom. The molecule has 0 aliphatic carbocycles. The van der Waals surface area contributed by atoms with E-state index >= 15 is 0 Å². The Kier molecular flexibility index (Phi) is 7.54. The number of nitrogens with one attached hydrogen (secondary N) is 1. The van der Waals surface area contributed by atoms with E-state index in [-0.39, 0.29) is 42.3 Å². The number of aromatic nitrogens is 2. The predicted octanol–water partition coefficient (Wildman–Crippen LogP) is 5.04. The van der Waals surface area contributed by atoms with Gasteiger partial charge in [0, 0.05) is 24.3 Å². The Morgan fingerprint density at radius 3 is 2.67 bits per heavy atom. The molecule has 0 spiro atoms. The van der Waals surface area contributed by atoms with Crippen molar-refractivity contribution in [2.45, 2.75) is 31.1 Å². The first-order chi connectivity index (χ1) is 21.1. The van der Waals surface area contributed by atoms with Crippen LogP contribution < -0.4 is 19.7 Å². The van der Waals surface area contributed by atoms with Crippen molar-refractivity contribution < 1.29 is 23.8 Å². The smallest absolute Gasteiger partial charge is 0.240 e. The molecule has 0 bridgehead atoms. The van der Waals surface area contributed by atoms with E-state index < -0.39 is 0 Å². The largest absolute Gasteiger partial charge is 0.454 e. The van der Waals surface area contributed by atoms with Gasteiger partial charge in [0.2, 0.25) is 18.6 Å². The molecule has 1 N–H and O–H groups in total. The second-order valence-electron chi connectivity index (χ2n) is 10.9. The average molecular weight is 597 g/mol. The molecule has 4 aromatic rings. The Labute approximate surface area is 254 Å². The second kappa shape index (κ2) is 11.8. The van der Waals surface area contributed by atoms with E-state index in [0.29, 0.717) is 30.5 Å². The molecule has 0 unspecified atom stereocenters. The number of benzene rings is 3. The first-order valence-electron chi connectivity index (χ1n) is 14.5. The van der Waals surface area contributed by atoms with E-state index in [4.69, 9.17) is 19.3 Å². The van der Waals surface area contributed by atoms with E-state index in [0.717, 1.165) is 46.5 Å². The highest BCUT2D eigenvalue weighted by atomic mass is 32.2. The predicted molar refractivity (Wildman–Crippen MR) is 165 cm³/mol. The standard InChI is InChI=1S/C33H32N4O5S/c1-21-8-5-6-12-25(21)37-33-30(31(35-37)22-9-3-2-4-10-22)32(23-13-14-26-27(16-23)42-20-41-26)43-19-29(39)36(33)18-28(38)34-17-24-11-7-15-40-24/h2-6,8-10,12-14,16,24,32H,7,11,15,17-20H2,1H3,(H,34,38)/t24-,32-/m1/s1. The molecule has 7 rings (SSSR count). The molecular weight excluding hydrogens is 564 g/mol. The zero-order valence-corrected chi connectivity index (χ0v) is 24.6. The topological polar surface area (TPSA) is 94.9 Å². The number of para-hydroxylation sites is 1. The van der Waals surface area contributed by atoms with E-state index in [9.17, 15) is 9.59 Å². The van der Waals surface area contributed by atoms with Crippen molar-refractivity contribution in [1.82, 2.24) is 15.1 Å². The number of amides is 2. The van der Waals surface area contributed by atoms with Gasteiger partial charge in [-0.15, -0.1) is 11.8 Å². The zero-order chi connectivity index (χ0) is 29.3. The van der Waals surface area contributed by atoms with Gasteiger partial charge in [-0.2, -0.15) is 5.10 Å². The maximum absolute atomic E-state index is 14.0. The fraction of sp³-hybridized carbons (Fsp3) is 0.303. The van der Waals surface area contributed by atoms with E-state index in [1.807, 2.05) is 84.4 Å². The molecular formula is C33H32N4O5S. The summed E-state index contributed by atoms with van der Waals surface area (Å²) in [6.07, 6.45) is 1.92. The van der Waals surface area contributed by atoms with Crippen LogP contribution in [-0.2, 0) is 14.3 Å². The van der Waals surface area contributed by atoms with Crippen LogP contribution in [0.3, 0.4) is 0 Å². The molecule has 3 aliphatic heterocycles. The zero-order valence-electron chi connectivity index (χ0n) is 23.8. The van der Waals surface area contributed by atoms with Gasteiger partial charge in [0.05, 0.1) is 28.5 Å². The minimum Gasteiger partial charge on any atom is -0.454 e. The van der Waals surface area contributed by atoms with Crippen LogP contribution in [-0.4, -0.2) is 59.9 Å². The molecule has 3 aromatic carbocycles. The van der Waals surface area contributed by atoms with Gasteiger partial charge < -0.3 is 19.5 Å². The first-order valence-corrected chi connectivity index (χ1v) is 15.6. The van der Waals surface area contributed by atoms with Crippen LogP contribution in [0.2, 0.25) is 0 Å². The third-order valence-electron chi connectivity index (χ3n) is 8.03. The number of carbonyl (C=O) groups is 2. The number of rotatable bonds is 7. The number of hydrogen-bond donors (Lipinski definition) is 1. The molecule has 1 aromatic heterocycles. The highest BCUT2D eigenvalue weighted by Crippen LogP contribution is 2.50. The van der Waals surface area contributed by atoms with E-state index in [1.54, 1.807) is 4.90 Å². The van der Waals surface area contributed by atoms with Crippen molar-refractivity contribution in [2.24, 2.45) is 0 Å². The number of anilines is 1. The molecule has 3 aliphatic rings. The average Bonchev–Trinajstić information content (AvgIpc) is 3.78. The highest BCUT2D eigenvalue weighted by molar-refractivity contribution is 8.00. The molecule has 220 valence electrons. The van der Waals surface area contributed by atoms with Crippen LogP contribution in [0.15, 0.2) is 72.8 Å². The molecule has 2 atom stereocenters. The van der Waals surface area contributed by atoms with Gasteiger partial charge in [-0.25, -0.2) is 4.68 Å². The molecule has 1 fully saturated rings. The van der Waals surface area contributed by atoms with Crippen LogP contribution in [0.4, 0.5) is 5.82 Å². The fourth-order valence-electron chi connectivity index (χ4n) is 5.87. The SMILES string of the molecule is Cc1ccccc1-n1nc(-c2ccccc2)c2c1N(CC(=O)NC[C@H]1CCCO1)C(=O)CS[C@@H]2c1ccc2c(c1)OCO2. The summed E-state index contributed by atoms with van der Waals surface area (Å²) in [6, 6.07) is 23.8. The van der Waals surface area contributed by atoms with Gasteiger partial charge in [0.1, 0.15) is 12.4 Å². The Hall–Kier alpha value is -4.28. The number of ether oxygens (including phenoxy) is 3. The maximum atomic E-state index is 14.0. The third-order valence-corrected chi connectivity index (χ3v) is 9.29. The van der Waals surface area contributed by atoms with Crippen molar-refractivity contribution in [1.29, 1.82) is 0 Å². The quantitative estimate of drug-likeness (QED) is 0.319. The van der Waals surface area contributed by atoms with Crippen molar-refractivity contribution in [3.63, 3.8) is 0 Å². The lowest BCUT2D eigenvalue weighted by Gasteiger charge is -2.24. The maximum Gasteiger partial charge on any atom is 0.240 e. The summed E-state index contributed by atoms with van der Waals surface area (Å²) in [5.74, 6) is 1.76. The molecule has 0 radical (unpaired) electrons. The van der Waals surface area contributed by atoms with Gasteiger partial charge in [-0.3, -0.25) is 14.5 Å². The molecule has 2 amide bonds. The van der Waals surface area contributed by atoms with Crippen molar-refractivity contribution >= 4 is 29.4 Å². The molecule has 4 heterocycles. The fourth-order valence-corrected chi connectivity index (χ4v) is 7.06. The van der Waals surface area contributed by atoms with Gasteiger partial charge in [-0.1, -0.05) is 54.6 Å². The van der Waals surface area contributed by atoms with Gasteiger partial charge >= 0.3 is 0 Å². The number of thioether (sulfide) groups is 1. The Balaban J connectivity index is 1.39. The number of nitrogens with zero attached hydrogens (tertiary/aromatic N) is 3. The molecule has 10 heteroatoms. The number of fused-ring (bicyclic) bond motifs is 2. The van der Waals surface area contributed by atoms with Crippen LogP contribution in [0.5, 0.6) is 11.5 Å². The highest BCUT2D eigenvalue weighted by Gasteiger charge is 2.38. The van der Waals surface area contributed by atoms with Crippen molar-refractivity contribution in [2.75, 3.05) is 37.1 Å². The number of carbonyl (C=O) groups excluding carboxylic acids is 2. The minimum atomic E-state index is -0.263. The summed E-state index contributed by atoms with van der Waals surface area (Å²) in [5.41, 5.74) is 5.36. The van der Waals surface area contributed by atoms with Crippen LogP contribution in [0.25, 0.3) is 16.9 Å². The van der Waals surface area contributed by atoms with Gasteiger partial charge in [0.25, 0.3) is 0 Å². The third kappa shape index (κ3) is 5.36. The lowest BCUT2D eigenvalue weighted by molar-refractivity contribution is -0.123. The van der Waals surface area contributed by atoms with Crippen LogP contribution >= 0.6 is 11.8 Å². The number of aryl methyl sites for hydroxylation is 1. The Bertz CT molecular complexity index is 1670. The van der Waals surface area contributed by atoms with Crippen LogP contribution in [0.1, 0.15) is 34.8 Å². The summed E-state index contributed by atoms with van der Waals surface area (Å²) in [4.78, 5) is 28.9. The Morgan fingerprint density at radius 1 is 1.05 bits per heavy atom. The minimum absolute atomic E-state index is 0.00692. The monoisotopic (exact) mass is 596 g/mol. The first kappa shape index (κ1) is 27.5. The van der Waals surface area contributed by atoms with Gasteiger partial charge in [0.15, 0.2) is 11.5 Å². The summed E-state index contributed by atoms with van der Waals surface area (Å²) >= 11 is 1.53. The molecule has 9 nitrogen and oxygen atoms in total. The summed E-state index contributed by atoms with van der Waals surface area (Å²) in [5, 5.41) is 7.92. The van der Waals surface area contributed by atoms with E-state index in [2.05, 4.69) is 5.32 Å². The summed E-state index contributed by atoms with van der Waals surface area (Å²) in [7, 11) is 0. The van der Waals surface area contributed by atoms with E-state index in [1.165, 1.54) is 11.8 Å². The van der Waals surface area contributed by atoms with Crippen LogP contribution in [0, 0.1) is 6.92 Å². The van der Waals surface area contributed by atoms with Crippen molar-refractivity contribution in [3.8, 4) is 28.4 Å². The lowest BCUT2D eigenvalue weighted by Crippen LogP contribution is -2.44.